The molecule has 0 aromatic rings. The standard InChI is InChI=1S/C16H29NO3/c1-2-20-15(18)13-6-8-14(9-7-13)17-12-16(19)10-4-3-5-11-16/h13-14,17,19H,2-12H2,1H3. The number of aliphatic hydroxyl groups is 1. The summed E-state index contributed by atoms with van der Waals surface area (Å²) in [6.07, 6.45) is 9.26. The first-order valence-corrected chi connectivity index (χ1v) is 8.25. The summed E-state index contributed by atoms with van der Waals surface area (Å²) < 4.78 is 5.09. The summed E-state index contributed by atoms with van der Waals surface area (Å²) >= 11 is 0. The molecular formula is C16H29NO3. The van der Waals surface area contributed by atoms with Crippen molar-refractivity contribution in [1.82, 2.24) is 5.32 Å². The lowest BCUT2D eigenvalue weighted by Gasteiger charge is -2.35. The molecule has 0 heterocycles. The fraction of sp³-hybridized carbons (Fsp3) is 0.938. The zero-order valence-corrected chi connectivity index (χ0v) is 12.7. The maximum absolute atomic E-state index is 11.7. The third-order valence-corrected chi connectivity index (χ3v) is 4.85. The number of nitrogens with one attached hydrogen (secondary N) is 1. The van der Waals surface area contributed by atoms with Gasteiger partial charge >= 0.3 is 5.97 Å². The smallest absolute Gasteiger partial charge is 0.308 e. The average molecular weight is 283 g/mol. The molecule has 0 aromatic heterocycles. The van der Waals surface area contributed by atoms with Gasteiger partial charge in [-0.25, -0.2) is 0 Å². The van der Waals surface area contributed by atoms with Crippen LogP contribution in [0.4, 0.5) is 0 Å². The molecule has 2 fully saturated rings. The van der Waals surface area contributed by atoms with Gasteiger partial charge in [-0.3, -0.25) is 4.79 Å². The van der Waals surface area contributed by atoms with Crippen molar-refractivity contribution in [2.45, 2.75) is 76.4 Å². The van der Waals surface area contributed by atoms with Crippen LogP contribution >= 0.6 is 0 Å². The van der Waals surface area contributed by atoms with Crippen LogP contribution in [0.3, 0.4) is 0 Å². The molecule has 2 rings (SSSR count). The van der Waals surface area contributed by atoms with Crippen molar-refractivity contribution in [3.63, 3.8) is 0 Å². The van der Waals surface area contributed by atoms with Crippen LogP contribution in [0, 0.1) is 5.92 Å². The lowest BCUT2D eigenvalue weighted by atomic mass is 9.83. The third kappa shape index (κ3) is 4.45. The van der Waals surface area contributed by atoms with Gasteiger partial charge in [0.05, 0.1) is 18.1 Å². The minimum Gasteiger partial charge on any atom is -0.466 e. The summed E-state index contributed by atoms with van der Waals surface area (Å²) in [6.45, 7) is 3.04. The van der Waals surface area contributed by atoms with E-state index >= 15 is 0 Å². The van der Waals surface area contributed by atoms with E-state index in [-0.39, 0.29) is 11.9 Å². The Labute approximate surface area is 122 Å². The van der Waals surface area contributed by atoms with Gasteiger partial charge in [-0.15, -0.1) is 0 Å². The van der Waals surface area contributed by atoms with E-state index in [1.165, 1.54) is 6.42 Å². The number of hydrogen-bond donors (Lipinski definition) is 2. The molecule has 0 spiro atoms. The molecule has 2 N–H and O–H groups in total. The number of ether oxygens (including phenoxy) is 1. The molecule has 2 saturated carbocycles. The maximum atomic E-state index is 11.7. The van der Waals surface area contributed by atoms with Gasteiger partial charge < -0.3 is 15.2 Å². The molecule has 0 unspecified atom stereocenters. The van der Waals surface area contributed by atoms with Crippen molar-refractivity contribution < 1.29 is 14.6 Å². The molecule has 2 aliphatic carbocycles. The monoisotopic (exact) mass is 283 g/mol. The summed E-state index contributed by atoms with van der Waals surface area (Å²) in [5.74, 6) is 0.0580. The van der Waals surface area contributed by atoms with Gasteiger partial charge in [0.1, 0.15) is 0 Å². The second-order valence-electron chi connectivity index (χ2n) is 6.47. The van der Waals surface area contributed by atoms with Crippen molar-refractivity contribution in [3.8, 4) is 0 Å². The molecule has 0 atom stereocenters. The number of rotatable bonds is 5. The maximum Gasteiger partial charge on any atom is 0.308 e. The SMILES string of the molecule is CCOC(=O)C1CCC(NCC2(O)CCCCC2)CC1. The van der Waals surface area contributed by atoms with E-state index in [0.29, 0.717) is 19.2 Å². The van der Waals surface area contributed by atoms with Crippen LogP contribution in [-0.4, -0.2) is 35.9 Å². The molecular weight excluding hydrogens is 254 g/mol. The normalized spacial score (nSPS) is 29.9. The number of hydrogen-bond acceptors (Lipinski definition) is 4. The first kappa shape index (κ1) is 15.8. The Balaban J connectivity index is 1.68. The van der Waals surface area contributed by atoms with Gasteiger partial charge in [-0.05, 0) is 45.4 Å². The van der Waals surface area contributed by atoms with E-state index in [1.807, 2.05) is 6.92 Å². The van der Waals surface area contributed by atoms with E-state index in [0.717, 1.165) is 51.4 Å². The number of carbonyl (C=O) groups excluding carboxylic acids is 1. The van der Waals surface area contributed by atoms with Crippen LogP contribution in [0.1, 0.15) is 64.7 Å². The third-order valence-electron chi connectivity index (χ3n) is 4.85. The molecule has 4 heteroatoms. The molecule has 0 radical (unpaired) electrons. The molecule has 0 amide bonds. The summed E-state index contributed by atoms with van der Waals surface area (Å²) in [7, 11) is 0. The van der Waals surface area contributed by atoms with E-state index in [9.17, 15) is 9.90 Å². The largest absolute Gasteiger partial charge is 0.466 e. The summed E-state index contributed by atoms with van der Waals surface area (Å²) in [6, 6.07) is 0.451. The van der Waals surface area contributed by atoms with Crippen LogP contribution in [0.5, 0.6) is 0 Å². The van der Waals surface area contributed by atoms with E-state index in [2.05, 4.69) is 5.32 Å². The number of carbonyl (C=O) groups is 1. The fourth-order valence-electron chi connectivity index (χ4n) is 3.51. The molecule has 0 bridgehead atoms. The Morgan fingerprint density at radius 2 is 1.85 bits per heavy atom. The predicted octanol–water partition coefficient (Wildman–Crippen LogP) is 2.39. The molecule has 116 valence electrons. The van der Waals surface area contributed by atoms with Gasteiger partial charge in [-0.1, -0.05) is 19.3 Å². The van der Waals surface area contributed by atoms with E-state index in [4.69, 9.17) is 4.74 Å². The van der Waals surface area contributed by atoms with Gasteiger partial charge in [0, 0.05) is 12.6 Å². The minimum absolute atomic E-state index is 0.0307. The quantitative estimate of drug-likeness (QED) is 0.761. The minimum atomic E-state index is -0.490. The number of esters is 1. The topological polar surface area (TPSA) is 58.6 Å². The fourth-order valence-corrected chi connectivity index (χ4v) is 3.51. The Hall–Kier alpha value is -0.610. The van der Waals surface area contributed by atoms with E-state index in [1.54, 1.807) is 0 Å². The highest BCUT2D eigenvalue weighted by molar-refractivity contribution is 5.72. The predicted molar refractivity (Wildman–Crippen MR) is 78.4 cm³/mol. The summed E-state index contributed by atoms with van der Waals surface area (Å²) in [5, 5.41) is 14.0. The Bertz CT molecular complexity index is 305. The molecule has 0 aliphatic heterocycles. The summed E-state index contributed by atoms with van der Waals surface area (Å²) in [4.78, 5) is 11.7. The van der Waals surface area contributed by atoms with Crippen LogP contribution in [0.25, 0.3) is 0 Å². The highest BCUT2D eigenvalue weighted by atomic mass is 16.5. The second-order valence-corrected chi connectivity index (χ2v) is 6.47. The van der Waals surface area contributed by atoms with Crippen molar-refractivity contribution in [2.75, 3.05) is 13.2 Å². The van der Waals surface area contributed by atoms with Crippen LogP contribution < -0.4 is 5.32 Å². The molecule has 2 aliphatic rings. The Morgan fingerprint density at radius 3 is 2.45 bits per heavy atom. The lowest BCUT2D eigenvalue weighted by molar-refractivity contribution is -0.149. The van der Waals surface area contributed by atoms with Crippen LogP contribution in [0.15, 0.2) is 0 Å². The highest BCUT2D eigenvalue weighted by Gasteiger charge is 2.31. The van der Waals surface area contributed by atoms with Gasteiger partial charge in [0.2, 0.25) is 0 Å². The van der Waals surface area contributed by atoms with E-state index < -0.39 is 5.60 Å². The van der Waals surface area contributed by atoms with Gasteiger partial charge in [0.15, 0.2) is 0 Å². The Morgan fingerprint density at radius 1 is 1.20 bits per heavy atom. The first-order chi connectivity index (χ1) is 9.63. The van der Waals surface area contributed by atoms with Crippen molar-refractivity contribution in [2.24, 2.45) is 5.92 Å². The zero-order chi connectivity index (χ0) is 14.4. The van der Waals surface area contributed by atoms with Crippen LogP contribution in [-0.2, 0) is 9.53 Å². The second kappa shape index (κ2) is 7.41. The molecule has 4 nitrogen and oxygen atoms in total. The van der Waals surface area contributed by atoms with Crippen molar-refractivity contribution in [3.05, 3.63) is 0 Å². The Kier molecular flexibility index (Phi) is 5.85. The molecule has 20 heavy (non-hydrogen) atoms. The van der Waals surface area contributed by atoms with Gasteiger partial charge in [-0.2, -0.15) is 0 Å². The van der Waals surface area contributed by atoms with Crippen LogP contribution in [0.2, 0.25) is 0 Å². The first-order valence-electron chi connectivity index (χ1n) is 8.25. The zero-order valence-electron chi connectivity index (χ0n) is 12.7. The lowest BCUT2D eigenvalue weighted by Crippen LogP contribution is -2.46. The van der Waals surface area contributed by atoms with Crippen molar-refractivity contribution in [1.29, 1.82) is 0 Å². The van der Waals surface area contributed by atoms with Crippen molar-refractivity contribution >= 4 is 5.97 Å². The average Bonchev–Trinajstić information content (AvgIpc) is 2.47. The molecule has 0 aromatic carbocycles. The summed E-state index contributed by atoms with van der Waals surface area (Å²) in [5.41, 5.74) is -0.490. The van der Waals surface area contributed by atoms with Gasteiger partial charge in [0.25, 0.3) is 0 Å². The molecule has 0 saturated heterocycles. The highest BCUT2D eigenvalue weighted by Crippen LogP contribution is 2.29.